The van der Waals surface area contributed by atoms with Gasteiger partial charge in [0.25, 0.3) is 0 Å². The van der Waals surface area contributed by atoms with Gasteiger partial charge in [-0.2, -0.15) is 0 Å². The highest BCUT2D eigenvalue weighted by atomic mass is 15.2. The standard InChI is InChI=1S/C18H24N2/c1-5-15-8-6-7-9-16(15)18(20-19)17-11-13(3)12(2)10-14(17)4/h6-11,18,20H,5,19H2,1-4H3. The fraction of sp³-hybridized carbons (Fsp3) is 0.333. The molecule has 20 heavy (non-hydrogen) atoms. The van der Waals surface area contributed by atoms with Crippen molar-refractivity contribution < 1.29 is 0 Å². The summed E-state index contributed by atoms with van der Waals surface area (Å²) in [5, 5.41) is 0. The van der Waals surface area contributed by atoms with Crippen molar-refractivity contribution >= 4 is 0 Å². The van der Waals surface area contributed by atoms with Crippen LogP contribution in [0.5, 0.6) is 0 Å². The Balaban J connectivity index is 2.55. The van der Waals surface area contributed by atoms with Crippen molar-refractivity contribution in [3.8, 4) is 0 Å². The molecule has 0 amide bonds. The maximum absolute atomic E-state index is 5.87. The predicted octanol–water partition coefficient (Wildman–Crippen LogP) is 3.73. The number of hydrazine groups is 1. The molecule has 0 aliphatic rings. The fourth-order valence-corrected chi connectivity index (χ4v) is 2.78. The lowest BCUT2D eigenvalue weighted by molar-refractivity contribution is 0.627. The summed E-state index contributed by atoms with van der Waals surface area (Å²) in [6.07, 6.45) is 1.01. The fourth-order valence-electron chi connectivity index (χ4n) is 2.78. The van der Waals surface area contributed by atoms with Gasteiger partial charge in [0.1, 0.15) is 0 Å². The molecule has 0 saturated carbocycles. The number of benzene rings is 2. The van der Waals surface area contributed by atoms with Gasteiger partial charge in [-0.3, -0.25) is 5.84 Å². The Morgan fingerprint density at radius 2 is 1.60 bits per heavy atom. The summed E-state index contributed by atoms with van der Waals surface area (Å²) in [6, 6.07) is 13.0. The van der Waals surface area contributed by atoms with E-state index in [0.717, 1.165) is 6.42 Å². The highest BCUT2D eigenvalue weighted by Gasteiger charge is 2.17. The van der Waals surface area contributed by atoms with Gasteiger partial charge in [-0.05, 0) is 60.6 Å². The molecule has 0 fully saturated rings. The Morgan fingerprint density at radius 3 is 2.25 bits per heavy atom. The quantitative estimate of drug-likeness (QED) is 0.655. The van der Waals surface area contributed by atoms with E-state index in [1.807, 2.05) is 0 Å². The van der Waals surface area contributed by atoms with Crippen LogP contribution >= 0.6 is 0 Å². The molecule has 0 radical (unpaired) electrons. The molecule has 1 atom stereocenters. The average Bonchev–Trinajstić information content (AvgIpc) is 2.45. The summed E-state index contributed by atoms with van der Waals surface area (Å²) in [6.45, 7) is 8.63. The van der Waals surface area contributed by atoms with Crippen LogP contribution in [-0.4, -0.2) is 0 Å². The number of hydrogen-bond donors (Lipinski definition) is 2. The summed E-state index contributed by atoms with van der Waals surface area (Å²) >= 11 is 0. The van der Waals surface area contributed by atoms with Gasteiger partial charge in [-0.25, -0.2) is 5.43 Å². The molecule has 0 bridgehead atoms. The number of aryl methyl sites for hydroxylation is 4. The third-order valence-corrected chi connectivity index (χ3v) is 4.11. The van der Waals surface area contributed by atoms with E-state index >= 15 is 0 Å². The Kier molecular flexibility index (Phi) is 4.58. The molecule has 3 N–H and O–H groups in total. The molecule has 2 aromatic carbocycles. The highest BCUT2D eigenvalue weighted by molar-refractivity contribution is 5.44. The molecule has 1 unspecified atom stereocenters. The van der Waals surface area contributed by atoms with Crippen molar-refractivity contribution in [1.82, 2.24) is 5.43 Å². The smallest absolute Gasteiger partial charge is 0.0715 e. The van der Waals surface area contributed by atoms with Crippen LogP contribution in [0.1, 0.15) is 46.3 Å². The monoisotopic (exact) mass is 268 g/mol. The van der Waals surface area contributed by atoms with Crippen molar-refractivity contribution in [3.63, 3.8) is 0 Å². The lowest BCUT2D eigenvalue weighted by Gasteiger charge is -2.23. The molecule has 0 aliphatic carbocycles. The van der Waals surface area contributed by atoms with Gasteiger partial charge in [0, 0.05) is 0 Å². The molecular weight excluding hydrogens is 244 g/mol. The van der Waals surface area contributed by atoms with Crippen LogP contribution in [0, 0.1) is 20.8 Å². The van der Waals surface area contributed by atoms with Gasteiger partial charge in [0.15, 0.2) is 0 Å². The van der Waals surface area contributed by atoms with E-state index in [9.17, 15) is 0 Å². The minimum absolute atomic E-state index is 0.0467. The van der Waals surface area contributed by atoms with Crippen LogP contribution in [-0.2, 0) is 6.42 Å². The third-order valence-electron chi connectivity index (χ3n) is 4.11. The van der Waals surface area contributed by atoms with Crippen LogP contribution in [0.15, 0.2) is 36.4 Å². The van der Waals surface area contributed by atoms with E-state index in [-0.39, 0.29) is 6.04 Å². The third kappa shape index (κ3) is 2.77. The van der Waals surface area contributed by atoms with Crippen molar-refractivity contribution in [2.24, 2.45) is 5.84 Å². The average molecular weight is 268 g/mol. The largest absolute Gasteiger partial charge is 0.271 e. The highest BCUT2D eigenvalue weighted by Crippen LogP contribution is 2.29. The Hall–Kier alpha value is -1.64. The zero-order valence-electron chi connectivity index (χ0n) is 12.8. The minimum atomic E-state index is 0.0467. The molecule has 2 aromatic rings. The first-order chi connectivity index (χ1) is 9.58. The second-order valence-electron chi connectivity index (χ2n) is 5.45. The van der Waals surface area contributed by atoms with Crippen LogP contribution in [0.2, 0.25) is 0 Å². The lowest BCUT2D eigenvalue weighted by Crippen LogP contribution is -2.30. The number of rotatable bonds is 4. The molecule has 2 heteroatoms. The van der Waals surface area contributed by atoms with E-state index in [0.29, 0.717) is 0 Å². The molecule has 2 nitrogen and oxygen atoms in total. The first kappa shape index (κ1) is 14.8. The first-order valence-electron chi connectivity index (χ1n) is 7.20. The van der Waals surface area contributed by atoms with E-state index in [1.165, 1.54) is 33.4 Å². The van der Waals surface area contributed by atoms with Gasteiger partial charge >= 0.3 is 0 Å². The number of hydrogen-bond acceptors (Lipinski definition) is 2. The van der Waals surface area contributed by atoms with E-state index < -0.39 is 0 Å². The maximum atomic E-state index is 5.87. The van der Waals surface area contributed by atoms with Crippen LogP contribution in [0.4, 0.5) is 0 Å². The van der Waals surface area contributed by atoms with Gasteiger partial charge in [0.2, 0.25) is 0 Å². The van der Waals surface area contributed by atoms with Gasteiger partial charge in [0.05, 0.1) is 6.04 Å². The molecule has 0 saturated heterocycles. The number of nitrogens with one attached hydrogen (secondary N) is 1. The Bertz CT molecular complexity index is 602. The maximum Gasteiger partial charge on any atom is 0.0715 e. The minimum Gasteiger partial charge on any atom is -0.271 e. The normalized spacial score (nSPS) is 12.4. The summed E-state index contributed by atoms with van der Waals surface area (Å²) in [4.78, 5) is 0. The lowest BCUT2D eigenvalue weighted by atomic mass is 9.89. The molecule has 2 rings (SSSR count). The summed E-state index contributed by atoms with van der Waals surface area (Å²) in [5.41, 5.74) is 10.8. The van der Waals surface area contributed by atoms with Crippen LogP contribution < -0.4 is 11.3 Å². The van der Waals surface area contributed by atoms with Crippen LogP contribution in [0.3, 0.4) is 0 Å². The number of nitrogens with two attached hydrogens (primary N) is 1. The first-order valence-corrected chi connectivity index (χ1v) is 7.20. The second-order valence-corrected chi connectivity index (χ2v) is 5.45. The Labute approximate surface area is 122 Å². The van der Waals surface area contributed by atoms with Gasteiger partial charge < -0.3 is 0 Å². The van der Waals surface area contributed by atoms with E-state index in [1.54, 1.807) is 0 Å². The van der Waals surface area contributed by atoms with Crippen molar-refractivity contribution in [1.29, 1.82) is 0 Å². The van der Waals surface area contributed by atoms with Crippen molar-refractivity contribution in [2.45, 2.75) is 40.2 Å². The Morgan fingerprint density at radius 1 is 0.950 bits per heavy atom. The summed E-state index contributed by atoms with van der Waals surface area (Å²) < 4.78 is 0. The van der Waals surface area contributed by atoms with E-state index in [2.05, 4.69) is 69.5 Å². The summed E-state index contributed by atoms with van der Waals surface area (Å²) in [7, 11) is 0. The van der Waals surface area contributed by atoms with Crippen molar-refractivity contribution in [2.75, 3.05) is 0 Å². The zero-order valence-corrected chi connectivity index (χ0v) is 12.8. The molecule has 0 aliphatic heterocycles. The molecule has 106 valence electrons. The van der Waals surface area contributed by atoms with Gasteiger partial charge in [-0.1, -0.05) is 43.3 Å². The topological polar surface area (TPSA) is 38.0 Å². The van der Waals surface area contributed by atoms with Crippen LogP contribution in [0.25, 0.3) is 0 Å². The molecular formula is C18H24N2. The van der Waals surface area contributed by atoms with E-state index in [4.69, 9.17) is 5.84 Å². The van der Waals surface area contributed by atoms with Crippen molar-refractivity contribution in [3.05, 3.63) is 69.8 Å². The second kappa shape index (κ2) is 6.21. The molecule has 0 heterocycles. The zero-order chi connectivity index (χ0) is 14.7. The summed E-state index contributed by atoms with van der Waals surface area (Å²) in [5.74, 6) is 5.87. The predicted molar refractivity (Wildman–Crippen MR) is 85.6 cm³/mol. The molecule has 0 aromatic heterocycles. The van der Waals surface area contributed by atoms with Gasteiger partial charge in [-0.15, -0.1) is 0 Å². The SMILES string of the molecule is CCc1ccccc1C(NN)c1cc(C)c(C)cc1C. The molecule has 0 spiro atoms.